The molecule has 0 aliphatic rings. The zero-order valence-corrected chi connectivity index (χ0v) is 12.5. The van der Waals surface area contributed by atoms with Gasteiger partial charge in [0.2, 0.25) is 0 Å². The second-order valence-electron chi connectivity index (χ2n) is 4.03. The van der Waals surface area contributed by atoms with Gasteiger partial charge in [-0.3, -0.25) is 0 Å². The molecular weight excluding hydrogens is 300 g/mol. The summed E-state index contributed by atoms with van der Waals surface area (Å²) in [6, 6.07) is 11.7. The molecule has 0 bridgehead atoms. The quantitative estimate of drug-likeness (QED) is 0.813. The Kier molecular flexibility index (Phi) is 4.20. The number of benzene rings is 2. The number of rotatable bonds is 4. The third-order valence-electron chi connectivity index (χ3n) is 2.86. The van der Waals surface area contributed by atoms with E-state index in [0.29, 0.717) is 11.5 Å². The van der Waals surface area contributed by atoms with Crippen LogP contribution in [0.15, 0.2) is 47.4 Å². The Morgan fingerprint density at radius 1 is 0.950 bits per heavy atom. The van der Waals surface area contributed by atoms with E-state index in [1.165, 1.54) is 12.1 Å². The van der Waals surface area contributed by atoms with Gasteiger partial charge in [0.1, 0.15) is 11.5 Å². The van der Waals surface area contributed by atoms with Crippen molar-refractivity contribution in [3.05, 3.63) is 42.5 Å². The van der Waals surface area contributed by atoms with Gasteiger partial charge in [-0.15, -0.1) is 0 Å². The van der Waals surface area contributed by atoms with Gasteiger partial charge < -0.3 is 9.47 Å². The standard InChI is InChI=1S/C14H13ClO4S/c1-18-11-5-8-13(14(9-11)19-2)10-3-6-12(7-4-10)20(15,16)17/h3-9H,1-2H3. The predicted octanol–water partition coefficient (Wildman–Crippen LogP) is 3.30. The molecule has 0 saturated carbocycles. The minimum Gasteiger partial charge on any atom is -0.497 e. The Morgan fingerprint density at radius 2 is 1.60 bits per heavy atom. The average Bonchev–Trinajstić information content (AvgIpc) is 2.45. The highest BCUT2D eigenvalue weighted by Gasteiger charge is 2.11. The first-order valence-electron chi connectivity index (χ1n) is 5.73. The van der Waals surface area contributed by atoms with Crippen LogP contribution in [0.3, 0.4) is 0 Å². The van der Waals surface area contributed by atoms with Crippen LogP contribution in [0.25, 0.3) is 11.1 Å². The fourth-order valence-corrected chi connectivity index (χ4v) is 2.60. The largest absolute Gasteiger partial charge is 0.497 e. The summed E-state index contributed by atoms with van der Waals surface area (Å²) in [6.45, 7) is 0. The SMILES string of the molecule is COc1ccc(-c2ccc(S(=O)(=O)Cl)cc2)c(OC)c1. The molecule has 20 heavy (non-hydrogen) atoms. The second-order valence-corrected chi connectivity index (χ2v) is 6.59. The van der Waals surface area contributed by atoms with E-state index in [4.69, 9.17) is 20.2 Å². The van der Waals surface area contributed by atoms with Crippen molar-refractivity contribution in [3.8, 4) is 22.6 Å². The summed E-state index contributed by atoms with van der Waals surface area (Å²) in [7, 11) is 4.72. The first kappa shape index (κ1) is 14.7. The lowest BCUT2D eigenvalue weighted by Crippen LogP contribution is -1.92. The Morgan fingerprint density at radius 3 is 2.10 bits per heavy atom. The third-order valence-corrected chi connectivity index (χ3v) is 4.23. The molecule has 0 aliphatic heterocycles. The summed E-state index contributed by atoms with van der Waals surface area (Å²) in [5.74, 6) is 1.33. The van der Waals surface area contributed by atoms with Gasteiger partial charge in [0.25, 0.3) is 9.05 Å². The summed E-state index contributed by atoms with van der Waals surface area (Å²) in [6.07, 6.45) is 0. The lowest BCUT2D eigenvalue weighted by atomic mass is 10.0. The van der Waals surface area contributed by atoms with Gasteiger partial charge in [-0.05, 0) is 29.8 Å². The number of ether oxygens (including phenoxy) is 2. The van der Waals surface area contributed by atoms with Crippen molar-refractivity contribution in [1.29, 1.82) is 0 Å². The van der Waals surface area contributed by atoms with E-state index in [9.17, 15) is 8.42 Å². The fraction of sp³-hybridized carbons (Fsp3) is 0.143. The van der Waals surface area contributed by atoms with E-state index < -0.39 is 9.05 Å². The van der Waals surface area contributed by atoms with Gasteiger partial charge in [-0.25, -0.2) is 8.42 Å². The Bertz CT molecular complexity index is 708. The van der Waals surface area contributed by atoms with E-state index in [1.807, 2.05) is 12.1 Å². The van der Waals surface area contributed by atoms with Gasteiger partial charge in [0.15, 0.2) is 0 Å². The van der Waals surface area contributed by atoms with Gasteiger partial charge in [-0.2, -0.15) is 0 Å². The number of methoxy groups -OCH3 is 2. The molecule has 4 nitrogen and oxygen atoms in total. The van der Waals surface area contributed by atoms with E-state index in [1.54, 1.807) is 32.4 Å². The van der Waals surface area contributed by atoms with Gasteiger partial charge >= 0.3 is 0 Å². The second kappa shape index (κ2) is 5.73. The third kappa shape index (κ3) is 3.05. The summed E-state index contributed by atoms with van der Waals surface area (Å²) < 4.78 is 32.9. The first-order chi connectivity index (χ1) is 9.45. The Balaban J connectivity index is 2.46. The summed E-state index contributed by atoms with van der Waals surface area (Å²) in [5.41, 5.74) is 1.67. The average molecular weight is 313 g/mol. The zero-order chi connectivity index (χ0) is 14.8. The van der Waals surface area contributed by atoms with Crippen LogP contribution < -0.4 is 9.47 Å². The van der Waals surface area contributed by atoms with Crippen LogP contribution in [0.1, 0.15) is 0 Å². The Labute approximate surface area is 122 Å². The molecule has 0 fully saturated rings. The van der Waals surface area contributed by atoms with Crippen molar-refractivity contribution in [3.63, 3.8) is 0 Å². The van der Waals surface area contributed by atoms with Crippen molar-refractivity contribution in [2.24, 2.45) is 0 Å². The summed E-state index contributed by atoms with van der Waals surface area (Å²) in [4.78, 5) is 0.0652. The number of hydrogen-bond acceptors (Lipinski definition) is 4. The van der Waals surface area contributed by atoms with Crippen molar-refractivity contribution < 1.29 is 17.9 Å². The fourth-order valence-electron chi connectivity index (χ4n) is 1.83. The number of hydrogen-bond donors (Lipinski definition) is 0. The molecule has 106 valence electrons. The van der Waals surface area contributed by atoms with Crippen LogP contribution in [0.5, 0.6) is 11.5 Å². The predicted molar refractivity (Wildman–Crippen MR) is 78.0 cm³/mol. The molecule has 0 spiro atoms. The van der Waals surface area contributed by atoms with Crippen LogP contribution >= 0.6 is 10.7 Å². The molecule has 0 radical (unpaired) electrons. The highest BCUT2D eigenvalue weighted by Crippen LogP contribution is 2.33. The summed E-state index contributed by atoms with van der Waals surface area (Å²) >= 11 is 0. The molecular formula is C14H13ClO4S. The summed E-state index contributed by atoms with van der Waals surface area (Å²) in [5, 5.41) is 0. The van der Waals surface area contributed by atoms with Gasteiger partial charge in [0.05, 0.1) is 19.1 Å². The smallest absolute Gasteiger partial charge is 0.261 e. The normalized spacial score (nSPS) is 11.2. The highest BCUT2D eigenvalue weighted by atomic mass is 35.7. The van der Waals surface area contributed by atoms with Crippen molar-refractivity contribution in [1.82, 2.24) is 0 Å². The highest BCUT2D eigenvalue weighted by molar-refractivity contribution is 8.13. The molecule has 0 aromatic heterocycles. The van der Waals surface area contributed by atoms with Crippen LogP contribution in [0.2, 0.25) is 0 Å². The molecule has 0 unspecified atom stereocenters. The Hall–Kier alpha value is -1.72. The molecule has 0 saturated heterocycles. The molecule has 2 aromatic rings. The molecule has 2 aromatic carbocycles. The van der Waals surface area contributed by atoms with E-state index in [0.717, 1.165) is 11.1 Å². The minimum atomic E-state index is -3.71. The van der Waals surface area contributed by atoms with Crippen LogP contribution in [-0.2, 0) is 9.05 Å². The van der Waals surface area contributed by atoms with E-state index >= 15 is 0 Å². The maximum atomic E-state index is 11.2. The molecule has 0 atom stereocenters. The minimum absolute atomic E-state index is 0.0652. The monoisotopic (exact) mass is 312 g/mol. The van der Waals surface area contributed by atoms with E-state index in [2.05, 4.69) is 0 Å². The van der Waals surface area contributed by atoms with E-state index in [-0.39, 0.29) is 4.90 Å². The van der Waals surface area contributed by atoms with Crippen molar-refractivity contribution in [2.45, 2.75) is 4.90 Å². The lowest BCUT2D eigenvalue weighted by Gasteiger charge is -2.10. The maximum Gasteiger partial charge on any atom is 0.261 e. The lowest BCUT2D eigenvalue weighted by molar-refractivity contribution is 0.395. The first-order valence-corrected chi connectivity index (χ1v) is 8.04. The molecule has 0 amide bonds. The molecule has 0 heterocycles. The zero-order valence-electron chi connectivity index (χ0n) is 11.0. The van der Waals surface area contributed by atoms with Gasteiger partial charge in [0, 0.05) is 22.3 Å². The van der Waals surface area contributed by atoms with Crippen molar-refractivity contribution in [2.75, 3.05) is 14.2 Å². The molecule has 0 aliphatic carbocycles. The van der Waals surface area contributed by atoms with Crippen LogP contribution in [0, 0.1) is 0 Å². The number of halogens is 1. The maximum absolute atomic E-state index is 11.2. The van der Waals surface area contributed by atoms with Crippen LogP contribution in [-0.4, -0.2) is 22.6 Å². The van der Waals surface area contributed by atoms with Crippen LogP contribution in [0.4, 0.5) is 0 Å². The molecule has 6 heteroatoms. The molecule has 2 rings (SSSR count). The molecule has 0 N–H and O–H groups in total. The van der Waals surface area contributed by atoms with Crippen molar-refractivity contribution >= 4 is 19.7 Å². The topological polar surface area (TPSA) is 52.6 Å². The van der Waals surface area contributed by atoms with Gasteiger partial charge in [-0.1, -0.05) is 12.1 Å².